The van der Waals surface area contributed by atoms with E-state index in [4.69, 9.17) is 4.42 Å². The molecule has 0 atom stereocenters. The number of aromatic nitrogens is 1. The Morgan fingerprint density at radius 3 is 2.58 bits per heavy atom. The average molecular weight is 226 g/mol. The van der Waals surface area contributed by atoms with Crippen LogP contribution >= 0.6 is 15.9 Å². The smallest absolute Gasteiger partial charge is 0.169 e. The molecule has 3 heteroatoms. The van der Waals surface area contributed by atoms with Crippen LogP contribution in [0.1, 0.15) is 5.76 Å². The van der Waals surface area contributed by atoms with Gasteiger partial charge in [0.15, 0.2) is 4.67 Å². The van der Waals surface area contributed by atoms with E-state index in [1.807, 2.05) is 36.7 Å². The fourth-order valence-electron chi connectivity index (χ4n) is 1.09. The highest BCUT2D eigenvalue weighted by Gasteiger charge is 1.98. The Morgan fingerprint density at radius 2 is 2.00 bits per heavy atom. The van der Waals surface area contributed by atoms with Crippen LogP contribution in [-0.4, -0.2) is 4.57 Å². The van der Waals surface area contributed by atoms with Crippen LogP contribution in [0.15, 0.2) is 45.7 Å². The van der Waals surface area contributed by atoms with Gasteiger partial charge in [0.2, 0.25) is 0 Å². The molecule has 0 unspecified atom stereocenters. The minimum atomic E-state index is 0.782. The zero-order valence-electron chi connectivity index (χ0n) is 6.40. The van der Waals surface area contributed by atoms with Crippen LogP contribution in [0.2, 0.25) is 0 Å². The average Bonchev–Trinajstić information content (AvgIpc) is 2.63. The summed E-state index contributed by atoms with van der Waals surface area (Å²) in [6, 6.07) is 7.86. The predicted octanol–water partition coefficient (Wildman–Crippen LogP) is 2.89. The maximum absolute atomic E-state index is 5.35. The van der Waals surface area contributed by atoms with Crippen molar-refractivity contribution in [1.29, 1.82) is 0 Å². The molecule has 0 amide bonds. The molecule has 2 aromatic heterocycles. The lowest BCUT2D eigenvalue weighted by Gasteiger charge is -1.97. The van der Waals surface area contributed by atoms with E-state index >= 15 is 0 Å². The Kier molecular flexibility index (Phi) is 2.04. The molecule has 62 valence electrons. The van der Waals surface area contributed by atoms with Crippen LogP contribution < -0.4 is 0 Å². The van der Waals surface area contributed by atoms with Crippen LogP contribution in [0.5, 0.6) is 0 Å². The van der Waals surface area contributed by atoms with Gasteiger partial charge in [-0.25, -0.2) is 0 Å². The molecule has 2 aromatic rings. The second-order valence-corrected chi connectivity index (χ2v) is 3.34. The molecule has 2 nitrogen and oxygen atoms in total. The van der Waals surface area contributed by atoms with Gasteiger partial charge in [0.1, 0.15) is 5.76 Å². The van der Waals surface area contributed by atoms with Crippen molar-refractivity contribution in [1.82, 2.24) is 4.57 Å². The highest BCUT2D eigenvalue weighted by Crippen LogP contribution is 2.14. The van der Waals surface area contributed by atoms with Crippen molar-refractivity contribution in [2.24, 2.45) is 0 Å². The Labute approximate surface area is 78.9 Å². The Hall–Kier alpha value is -0.960. The van der Waals surface area contributed by atoms with Crippen molar-refractivity contribution >= 4 is 15.9 Å². The Morgan fingerprint density at radius 1 is 1.25 bits per heavy atom. The van der Waals surface area contributed by atoms with Gasteiger partial charge in [-0.15, -0.1) is 0 Å². The van der Waals surface area contributed by atoms with Gasteiger partial charge >= 0.3 is 0 Å². The fraction of sp³-hybridized carbons (Fsp3) is 0.111. The van der Waals surface area contributed by atoms with Gasteiger partial charge in [-0.05, 0) is 40.2 Å². The van der Waals surface area contributed by atoms with Crippen molar-refractivity contribution in [3.8, 4) is 0 Å². The van der Waals surface area contributed by atoms with Crippen molar-refractivity contribution in [2.75, 3.05) is 0 Å². The number of nitrogens with zero attached hydrogens (tertiary/aromatic N) is 1. The quantitative estimate of drug-likeness (QED) is 0.769. The molecule has 0 saturated carbocycles. The molecule has 0 radical (unpaired) electrons. The SMILES string of the molecule is Brc1ccc(Cn2cccc2)o1. The molecule has 0 aliphatic carbocycles. The van der Waals surface area contributed by atoms with E-state index in [2.05, 4.69) is 20.5 Å². The van der Waals surface area contributed by atoms with Crippen molar-refractivity contribution < 1.29 is 4.42 Å². The molecule has 0 bridgehead atoms. The minimum absolute atomic E-state index is 0.782. The molecule has 0 fully saturated rings. The van der Waals surface area contributed by atoms with Gasteiger partial charge in [-0.3, -0.25) is 0 Å². The summed E-state index contributed by atoms with van der Waals surface area (Å²) >= 11 is 3.26. The summed E-state index contributed by atoms with van der Waals surface area (Å²) in [7, 11) is 0. The number of hydrogen-bond acceptors (Lipinski definition) is 1. The first-order valence-corrected chi connectivity index (χ1v) is 4.49. The lowest BCUT2D eigenvalue weighted by Crippen LogP contribution is -1.93. The molecule has 0 spiro atoms. The Bertz CT molecular complexity index is 350. The summed E-state index contributed by atoms with van der Waals surface area (Å²) < 4.78 is 8.20. The second kappa shape index (κ2) is 3.19. The van der Waals surface area contributed by atoms with E-state index in [1.54, 1.807) is 0 Å². The highest BCUT2D eigenvalue weighted by molar-refractivity contribution is 9.10. The van der Waals surface area contributed by atoms with E-state index in [0.717, 1.165) is 17.0 Å². The summed E-state index contributed by atoms with van der Waals surface area (Å²) in [6.07, 6.45) is 4.02. The zero-order chi connectivity index (χ0) is 8.39. The van der Waals surface area contributed by atoms with Crippen LogP contribution in [0.25, 0.3) is 0 Å². The maximum Gasteiger partial charge on any atom is 0.169 e. The van der Waals surface area contributed by atoms with Crippen molar-refractivity contribution in [3.05, 3.63) is 47.1 Å². The lowest BCUT2D eigenvalue weighted by molar-refractivity contribution is 0.474. The molecule has 0 aromatic carbocycles. The number of halogens is 1. The van der Waals surface area contributed by atoms with Crippen LogP contribution in [-0.2, 0) is 6.54 Å². The molecule has 0 N–H and O–H groups in total. The zero-order valence-corrected chi connectivity index (χ0v) is 7.99. The van der Waals surface area contributed by atoms with Crippen LogP contribution in [0, 0.1) is 0 Å². The maximum atomic E-state index is 5.35. The van der Waals surface area contributed by atoms with Gasteiger partial charge in [-0.2, -0.15) is 0 Å². The summed E-state index contributed by atoms with van der Waals surface area (Å²) in [5.41, 5.74) is 0. The van der Waals surface area contributed by atoms with E-state index in [9.17, 15) is 0 Å². The van der Waals surface area contributed by atoms with E-state index in [1.165, 1.54) is 0 Å². The molecule has 12 heavy (non-hydrogen) atoms. The summed E-state index contributed by atoms with van der Waals surface area (Å²) in [4.78, 5) is 0. The summed E-state index contributed by atoms with van der Waals surface area (Å²) in [5.74, 6) is 0.957. The van der Waals surface area contributed by atoms with Crippen molar-refractivity contribution in [2.45, 2.75) is 6.54 Å². The third-order valence-corrected chi connectivity index (χ3v) is 2.06. The van der Waals surface area contributed by atoms with Crippen LogP contribution in [0.3, 0.4) is 0 Å². The largest absolute Gasteiger partial charge is 0.452 e. The van der Waals surface area contributed by atoms with Gasteiger partial charge in [0, 0.05) is 12.4 Å². The monoisotopic (exact) mass is 225 g/mol. The summed E-state index contributed by atoms with van der Waals surface area (Å²) in [5, 5.41) is 0. The molecule has 0 aliphatic heterocycles. The standard InChI is InChI=1S/C9H8BrNO/c10-9-4-3-8(12-9)7-11-5-1-2-6-11/h1-6H,7H2. The van der Waals surface area contributed by atoms with Crippen molar-refractivity contribution in [3.63, 3.8) is 0 Å². The molecular weight excluding hydrogens is 218 g/mol. The van der Waals surface area contributed by atoms with Gasteiger partial charge in [0.05, 0.1) is 6.54 Å². The second-order valence-electron chi connectivity index (χ2n) is 2.56. The first-order valence-electron chi connectivity index (χ1n) is 3.69. The topological polar surface area (TPSA) is 18.1 Å². The molecule has 0 aliphatic rings. The third kappa shape index (κ3) is 1.61. The predicted molar refractivity (Wildman–Crippen MR) is 49.9 cm³/mol. The highest BCUT2D eigenvalue weighted by atomic mass is 79.9. The molecular formula is C9H8BrNO. The van der Waals surface area contributed by atoms with Gasteiger partial charge in [-0.1, -0.05) is 0 Å². The first kappa shape index (κ1) is 7.68. The first-order chi connectivity index (χ1) is 5.84. The van der Waals surface area contributed by atoms with E-state index in [0.29, 0.717) is 0 Å². The van der Waals surface area contributed by atoms with E-state index < -0.39 is 0 Å². The molecule has 2 rings (SSSR count). The lowest BCUT2D eigenvalue weighted by atomic mass is 10.4. The third-order valence-electron chi connectivity index (χ3n) is 1.63. The Balaban J connectivity index is 2.14. The van der Waals surface area contributed by atoms with E-state index in [-0.39, 0.29) is 0 Å². The van der Waals surface area contributed by atoms with Gasteiger partial charge < -0.3 is 8.98 Å². The molecule has 0 saturated heterocycles. The molecule has 2 heterocycles. The minimum Gasteiger partial charge on any atom is -0.452 e. The number of hydrogen-bond donors (Lipinski definition) is 0. The van der Waals surface area contributed by atoms with Crippen LogP contribution in [0.4, 0.5) is 0 Å². The fourth-order valence-corrected chi connectivity index (χ4v) is 1.43. The summed E-state index contributed by atoms with van der Waals surface area (Å²) in [6.45, 7) is 0.790. The normalized spacial score (nSPS) is 10.4. The number of rotatable bonds is 2. The van der Waals surface area contributed by atoms with Gasteiger partial charge in [0.25, 0.3) is 0 Å². The number of furan rings is 1.